The second-order valence-corrected chi connectivity index (χ2v) is 9.54. The van der Waals surface area contributed by atoms with Crippen molar-refractivity contribution in [2.75, 3.05) is 39.2 Å². The van der Waals surface area contributed by atoms with E-state index in [0.29, 0.717) is 35.7 Å². The number of ether oxygens (including phenoxy) is 3. The van der Waals surface area contributed by atoms with Crippen LogP contribution >= 0.6 is 0 Å². The van der Waals surface area contributed by atoms with Gasteiger partial charge in [0.1, 0.15) is 11.5 Å². The first kappa shape index (κ1) is 26.0. The van der Waals surface area contributed by atoms with Crippen LogP contribution in [0.15, 0.2) is 42.5 Å². The fourth-order valence-corrected chi connectivity index (χ4v) is 5.76. The maximum absolute atomic E-state index is 13.3. The van der Waals surface area contributed by atoms with Crippen LogP contribution in [0, 0.1) is 5.92 Å². The van der Waals surface area contributed by atoms with E-state index in [4.69, 9.17) is 14.2 Å². The van der Waals surface area contributed by atoms with Crippen LogP contribution in [0.5, 0.6) is 11.5 Å². The number of nitrogens with one attached hydrogen (secondary N) is 1. The molecule has 2 N–H and O–H groups in total. The first-order chi connectivity index (χ1) is 17.4. The number of likely N-dealkylation sites (tertiary alicyclic amines) is 1. The quantitative estimate of drug-likeness (QED) is 0.529. The van der Waals surface area contributed by atoms with Crippen LogP contribution in [0.3, 0.4) is 0 Å². The fourth-order valence-electron chi connectivity index (χ4n) is 5.76. The molecule has 194 valence electrons. The molecule has 1 aliphatic carbocycles. The average Bonchev–Trinajstić information content (AvgIpc) is 2.88. The number of esters is 1. The zero-order valence-electron chi connectivity index (χ0n) is 21.3. The molecule has 1 saturated carbocycles. The summed E-state index contributed by atoms with van der Waals surface area (Å²) in [5, 5.41) is 14.5. The SMILES string of the molecule is CCOC(=O)c1ccccc1NC(=O)CN1CC[C@]2(O)CCCC[C@H]2[C@@H]1c1cc(OC)ccc1OC. The van der Waals surface area contributed by atoms with Gasteiger partial charge in [0, 0.05) is 24.1 Å². The highest BCUT2D eigenvalue weighted by Gasteiger charge is 2.50. The molecular formula is C28H36N2O6. The van der Waals surface area contributed by atoms with E-state index in [9.17, 15) is 14.7 Å². The molecule has 4 rings (SSSR count). The summed E-state index contributed by atoms with van der Waals surface area (Å²) in [6, 6.07) is 12.3. The molecule has 0 spiro atoms. The Labute approximate surface area is 212 Å². The number of piperidine rings is 1. The van der Waals surface area contributed by atoms with Gasteiger partial charge in [-0.05, 0) is 56.5 Å². The fraction of sp³-hybridized carbons (Fsp3) is 0.500. The number of hydrogen-bond donors (Lipinski definition) is 2. The van der Waals surface area contributed by atoms with Crippen molar-refractivity contribution >= 4 is 17.6 Å². The van der Waals surface area contributed by atoms with Crippen LogP contribution in [0.2, 0.25) is 0 Å². The van der Waals surface area contributed by atoms with Crippen molar-refractivity contribution in [1.82, 2.24) is 4.90 Å². The van der Waals surface area contributed by atoms with Crippen LogP contribution in [0.1, 0.15) is 61.0 Å². The van der Waals surface area contributed by atoms with Gasteiger partial charge in [-0.15, -0.1) is 0 Å². The summed E-state index contributed by atoms with van der Waals surface area (Å²) in [6.07, 6.45) is 4.26. The van der Waals surface area contributed by atoms with Gasteiger partial charge in [-0.1, -0.05) is 25.0 Å². The molecule has 0 radical (unpaired) electrons. The van der Waals surface area contributed by atoms with Crippen LogP contribution in [0.25, 0.3) is 0 Å². The highest BCUT2D eigenvalue weighted by molar-refractivity contribution is 6.01. The van der Waals surface area contributed by atoms with E-state index in [2.05, 4.69) is 10.2 Å². The molecule has 1 amide bonds. The average molecular weight is 497 g/mol. The number of rotatable bonds is 8. The topological polar surface area (TPSA) is 97.3 Å². The number of methoxy groups -OCH3 is 2. The third-order valence-corrected chi connectivity index (χ3v) is 7.47. The lowest BCUT2D eigenvalue weighted by molar-refractivity contribution is -0.135. The normalized spacial score (nSPS) is 23.9. The molecule has 2 aromatic carbocycles. The Balaban J connectivity index is 1.63. The summed E-state index contributed by atoms with van der Waals surface area (Å²) in [7, 11) is 3.25. The van der Waals surface area contributed by atoms with Crippen LogP contribution < -0.4 is 14.8 Å². The number of amides is 1. The van der Waals surface area contributed by atoms with Gasteiger partial charge in [-0.3, -0.25) is 9.69 Å². The first-order valence-corrected chi connectivity index (χ1v) is 12.6. The van der Waals surface area contributed by atoms with Gasteiger partial charge in [-0.2, -0.15) is 0 Å². The van der Waals surface area contributed by atoms with E-state index in [-0.39, 0.29) is 31.0 Å². The van der Waals surface area contributed by atoms with Crippen molar-refractivity contribution in [3.05, 3.63) is 53.6 Å². The third-order valence-electron chi connectivity index (χ3n) is 7.47. The zero-order valence-corrected chi connectivity index (χ0v) is 21.3. The molecule has 8 heteroatoms. The van der Waals surface area contributed by atoms with Crippen molar-refractivity contribution in [3.8, 4) is 11.5 Å². The minimum absolute atomic E-state index is 0.0411. The molecule has 0 bridgehead atoms. The minimum atomic E-state index is -0.777. The van der Waals surface area contributed by atoms with Crippen LogP contribution in [-0.4, -0.2) is 61.4 Å². The largest absolute Gasteiger partial charge is 0.497 e. The number of benzene rings is 2. The van der Waals surface area contributed by atoms with E-state index in [0.717, 1.165) is 31.2 Å². The molecule has 1 heterocycles. The van der Waals surface area contributed by atoms with E-state index >= 15 is 0 Å². The zero-order chi connectivity index (χ0) is 25.7. The van der Waals surface area contributed by atoms with Gasteiger partial charge in [0.25, 0.3) is 0 Å². The molecule has 0 aromatic heterocycles. The Kier molecular flexibility index (Phi) is 8.16. The Hall–Kier alpha value is -3.10. The predicted octanol–water partition coefficient (Wildman–Crippen LogP) is 4.19. The molecule has 2 aliphatic rings. The number of carbonyl (C=O) groups excluding carboxylic acids is 2. The number of aliphatic hydroxyl groups is 1. The number of hydrogen-bond acceptors (Lipinski definition) is 7. The lowest BCUT2D eigenvalue weighted by Gasteiger charge is -2.52. The Morgan fingerprint density at radius 1 is 1.11 bits per heavy atom. The maximum Gasteiger partial charge on any atom is 0.340 e. The Bertz CT molecular complexity index is 1090. The lowest BCUT2D eigenvalue weighted by Crippen LogP contribution is -2.56. The van der Waals surface area contributed by atoms with Gasteiger partial charge in [0.2, 0.25) is 5.91 Å². The molecule has 3 atom stereocenters. The van der Waals surface area contributed by atoms with E-state index in [1.165, 1.54) is 0 Å². The van der Waals surface area contributed by atoms with E-state index in [1.54, 1.807) is 45.4 Å². The summed E-state index contributed by atoms with van der Waals surface area (Å²) in [4.78, 5) is 27.8. The molecule has 1 aliphatic heterocycles. The molecule has 2 aromatic rings. The summed E-state index contributed by atoms with van der Waals surface area (Å²) < 4.78 is 16.3. The number of anilines is 1. The monoisotopic (exact) mass is 496 g/mol. The van der Waals surface area contributed by atoms with Gasteiger partial charge in [0.15, 0.2) is 0 Å². The maximum atomic E-state index is 13.3. The minimum Gasteiger partial charge on any atom is -0.497 e. The molecule has 0 unspecified atom stereocenters. The van der Waals surface area contributed by atoms with Gasteiger partial charge in [-0.25, -0.2) is 4.79 Å². The van der Waals surface area contributed by atoms with Crippen molar-refractivity contribution in [1.29, 1.82) is 0 Å². The van der Waals surface area contributed by atoms with Crippen molar-refractivity contribution < 1.29 is 28.9 Å². The van der Waals surface area contributed by atoms with Crippen molar-refractivity contribution in [2.24, 2.45) is 5.92 Å². The second kappa shape index (κ2) is 11.3. The van der Waals surface area contributed by atoms with Crippen LogP contribution in [0.4, 0.5) is 5.69 Å². The standard InChI is InChI=1S/C28H36N2O6/c1-4-36-27(32)20-9-5-6-11-23(20)29-25(31)18-30-16-15-28(33)14-8-7-10-22(28)26(30)21-17-19(34-2)12-13-24(21)35-3/h5-6,9,11-13,17,22,26,33H,4,7-8,10,14-16,18H2,1-3H3,(H,29,31)/t22-,26-,28+/m0/s1. The highest BCUT2D eigenvalue weighted by atomic mass is 16.5. The lowest BCUT2D eigenvalue weighted by atomic mass is 9.66. The van der Waals surface area contributed by atoms with Crippen LogP contribution in [-0.2, 0) is 9.53 Å². The van der Waals surface area contributed by atoms with Crippen molar-refractivity contribution in [3.63, 3.8) is 0 Å². The number of fused-ring (bicyclic) bond motifs is 1. The molecule has 1 saturated heterocycles. The number of para-hydroxylation sites is 1. The Morgan fingerprint density at radius 3 is 2.67 bits per heavy atom. The summed E-state index contributed by atoms with van der Waals surface area (Å²) in [5.74, 6) is 0.648. The third kappa shape index (κ3) is 5.34. The summed E-state index contributed by atoms with van der Waals surface area (Å²) >= 11 is 0. The predicted molar refractivity (Wildman–Crippen MR) is 136 cm³/mol. The van der Waals surface area contributed by atoms with E-state index in [1.807, 2.05) is 18.2 Å². The molecular weight excluding hydrogens is 460 g/mol. The number of carbonyl (C=O) groups is 2. The number of nitrogens with zero attached hydrogens (tertiary/aromatic N) is 1. The van der Waals surface area contributed by atoms with Gasteiger partial charge < -0.3 is 24.6 Å². The molecule has 36 heavy (non-hydrogen) atoms. The van der Waals surface area contributed by atoms with Gasteiger partial charge in [0.05, 0.1) is 44.2 Å². The van der Waals surface area contributed by atoms with Crippen molar-refractivity contribution in [2.45, 2.75) is 50.7 Å². The summed E-state index contributed by atoms with van der Waals surface area (Å²) in [5.41, 5.74) is 0.865. The van der Waals surface area contributed by atoms with Gasteiger partial charge >= 0.3 is 5.97 Å². The smallest absolute Gasteiger partial charge is 0.340 e. The second-order valence-electron chi connectivity index (χ2n) is 9.54. The Morgan fingerprint density at radius 2 is 1.92 bits per heavy atom. The highest BCUT2D eigenvalue weighted by Crippen LogP contribution is 2.51. The summed E-state index contributed by atoms with van der Waals surface area (Å²) in [6.45, 7) is 2.66. The first-order valence-electron chi connectivity index (χ1n) is 12.6. The molecule has 8 nitrogen and oxygen atoms in total. The van der Waals surface area contributed by atoms with E-state index < -0.39 is 11.6 Å². The molecule has 2 fully saturated rings.